The monoisotopic (exact) mass is 170 g/mol. The third-order valence-electron chi connectivity index (χ3n) is 2.26. The molecular formula is C8H14N2O2. The Hall–Kier alpha value is -1.06. The molecule has 1 rings (SSSR count). The lowest BCUT2D eigenvalue weighted by Gasteiger charge is -2.18. The van der Waals surface area contributed by atoms with Crippen LogP contribution in [-0.4, -0.2) is 36.9 Å². The smallest absolute Gasteiger partial charge is 0.221 e. The van der Waals surface area contributed by atoms with Crippen molar-refractivity contribution < 1.29 is 9.59 Å². The second-order valence-electron chi connectivity index (χ2n) is 3.02. The average Bonchev–Trinajstić information content (AvgIpc) is 2.51. The highest BCUT2D eigenvalue weighted by molar-refractivity contribution is 5.76. The molecule has 0 aromatic carbocycles. The molecule has 0 saturated carbocycles. The van der Waals surface area contributed by atoms with Gasteiger partial charge in [0.2, 0.25) is 12.3 Å². The highest BCUT2D eigenvalue weighted by atomic mass is 16.2. The van der Waals surface area contributed by atoms with E-state index >= 15 is 0 Å². The first kappa shape index (κ1) is 9.03. The van der Waals surface area contributed by atoms with Crippen molar-refractivity contribution in [2.75, 3.05) is 13.6 Å². The molecule has 0 bridgehead atoms. The third-order valence-corrected chi connectivity index (χ3v) is 2.26. The Morgan fingerprint density at radius 1 is 1.75 bits per heavy atom. The second-order valence-corrected chi connectivity index (χ2v) is 3.02. The van der Waals surface area contributed by atoms with Crippen LogP contribution in [0.5, 0.6) is 0 Å². The largest absolute Gasteiger partial charge is 0.359 e. The lowest BCUT2D eigenvalue weighted by Crippen LogP contribution is -2.33. The molecule has 0 aromatic rings. The van der Waals surface area contributed by atoms with Crippen LogP contribution in [0.15, 0.2) is 0 Å². The molecule has 1 aliphatic rings. The molecule has 4 heteroatoms. The maximum atomic E-state index is 11.0. The third kappa shape index (κ3) is 1.96. The fraction of sp³-hybridized carbons (Fsp3) is 0.750. The molecule has 1 fully saturated rings. The van der Waals surface area contributed by atoms with E-state index in [9.17, 15) is 9.59 Å². The first-order valence-corrected chi connectivity index (χ1v) is 4.19. The predicted octanol–water partition coefficient (Wildman–Crippen LogP) is -0.257. The molecule has 12 heavy (non-hydrogen) atoms. The molecule has 0 spiro atoms. The van der Waals surface area contributed by atoms with Crippen LogP contribution >= 0.6 is 0 Å². The summed E-state index contributed by atoms with van der Waals surface area (Å²) in [4.78, 5) is 23.2. The van der Waals surface area contributed by atoms with Crippen molar-refractivity contribution in [3.63, 3.8) is 0 Å². The van der Waals surface area contributed by atoms with Gasteiger partial charge in [0.1, 0.15) is 0 Å². The van der Waals surface area contributed by atoms with E-state index in [4.69, 9.17) is 0 Å². The highest BCUT2D eigenvalue weighted by Crippen LogP contribution is 2.17. The first-order chi connectivity index (χ1) is 5.77. The Bertz CT molecular complexity index is 182. The summed E-state index contributed by atoms with van der Waals surface area (Å²) in [6.45, 7) is 0.797. The van der Waals surface area contributed by atoms with E-state index in [2.05, 4.69) is 5.32 Å². The van der Waals surface area contributed by atoms with Crippen LogP contribution in [0.25, 0.3) is 0 Å². The summed E-state index contributed by atoms with van der Waals surface area (Å²) in [5.74, 6) is 0.00810. The summed E-state index contributed by atoms with van der Waals surface area (Å²) in [7, 11) is 1.61. The van der Waals surface area contributed by atoms with Crippen molar-refractivity contribution in [3.05, 3.63) is 0 Å². The quantitative estimate of drug-likeness (QED) is 0.593. The van der Waals surface area contributed by atoms with Gasteiger partial charge in [-0.25, -0.2) is 0 Å². The van der Waals surface area contributed by atoms with E-state index in [0.29, 0.717) is 6.42 Å². The molecule has 1 unspecified atom stereocenters. The van der Waals surface area contributed by atoms with Gasteiger partial charge in [0.25, 0.3) is 0 Å². The lowest BCUT2D eigenvalue weighted by atomic mass is 10.1. The molecule has 1 N–H and O–H groups in total. The number of carbonyl (C=O) groups excluding carboxylic acids is 2. The van der Waals surface area contributed by atoms with Gasteiger partial charge in [-0.3, -0.25) is 9.59 Å². The fourth-order valence-corrected chi connectivity index (χ4v) is 1.53. The zero-order chi connectivity index (χ0) is 8.97. The van der Waals surface area contributed by atoms with E-state index in [-0.39, 0.29) is 11.9 Å². The highest BCUT2D eigenvalue weighted by Gasteiger charge is 2.24. The Morgan fingerprint density at radius 3 is 3.08 bits per heavy atom. The van der Waals surface area contributed by atoms with E-state index in [0.717, 1.165) is 25.8 Å². The summed E-state index contributed by atoms with van der Waals surface area (Å²) >= 11 is 0. The first-order valence-electron chi connectivity index (χ1n) is 4.19. The molecule has 1 heterocycles. The van der Waals surface area contributed by atoms with Crippen LogP contribution < -0.4 is 5.32 Å². The Labute approximate surface area is 71.9 Å². The minimum atomic E-state index is 0.00810. The van der Waals surface area contributed by atoms with Crippen molar-refractivity contribution in [2.45, 2.75) is 25.3 Å². The van der Waals surface area contributed by atoms with Crippen LogP contribution in [0, 0.1) is 0 Å². The van der Waals surface area contributed by atoms with Gasteiger partial charge >= 0.3 is 0 Å². The molecule has 68 valence electrons. The normalized spacial score (nSPS) is 22.4. The van der Waals surface area contributed by atoms with Gasteiger partial charge in [0.15, 0.2) is 0 Å². The number of carbonyl (C=O) groups is 2. The maximum Gasteiger partial charge on any atom is 0.221 e. The fourth-order valence-electron chi connectivity index (χ4n) is 1.53. The zero-order valence-electron chi connectivity index (χ0n) is 7.25. The summed E-state index contributed by atoms with van der Waals surface area (Å²) < 4.78 is 0. The van der Waals surface area contributed by atoms with Crippen LogP contribution in [-0.2, 0) is 9.59 Å². The van der Waals surface area contributed by atoms with Crippen molar-refractivity contribution in [1.29, 1.82) is 0 Å². The number of rotatable bonds is 3. The molecule has 2 amide bonds. The number of amides is 2. The molecule has 1 aliphatic heterocycles. The van der Waals surface area contributed by atoms with E-state index in [1.165, 1.54) is 0 Å². The van der Waals surface area contributed by atoms with Crippen LogP contribution in [0.2, 0.25) is 0 Å². The molecule has 0 aliphatic carbocycles. The van der Waals surface area contributed by atoms with Crippen LogP contribution in [0.4, 0.5) is 0 Å². The molecular weight excluding hydrogens is 156 g/mol. The van der Waals surface area contributed by atoms with Crippen molar-refractivity contribution >= 4 is 12.3 Å². The molecule has 0 radical (unpaired) electrons. The minimum Gasteiger partial charge on any atom is -0.359 e. The van der Waals surface area contributed by atoms with Crippen LogP contribution in [0.3, 0.4) is 0 Å². The lowest BCUT2D eigenvalue weighted by molar-refractivity contribution is -0.123. The summed E-state index contributed by atoms with van der Waals surface area (Å²) in [6.07, 6.45) is 3.24. The van der Waals surface area contributed by atoms with Gasteiger partial charge in [-0.05, 0) is 12.8 Å². The number of hydrogen-bond acceptors (Lipinski definition) is 2. The Morgan fingerprint density at radius 2 is 2.50 bits per heavy atom. The Balaban J connectivity index is 2.40. The summed E-state index contributed by atoms with van der Waals surface area (Å²) in [6, 6.07) is 0.127. The van der Waals surface area contributed by atoms with E-state index in [1.54, 1.807) is 11.9 Å². The molecule has 1 saturated heterocycles. The predicted molar refractivity (Wildman–Crippen MR) is 44.5 cm³/mol. The molecule has 1 atom stereocenters. The van der Waals surface area contributed by atoms with E-state index in [1.807, 2.05) is 0 Å². The number of hydrogen-bond donors (Lipinski definition) is 1. The van der Waals surface area contributed by atoms with Gasteiger partial charge < -0.3 is 10.2 Å². The minimum absolute atomic E-state index is 0.00810. The van der Waals surface area contributed by atoms with Crippen molar-refractivity contribution in [2.24, 2.45) is 0 Å². The van der Waals surface area contributed by atoms with Crippen LogP contribution in [0.1, 0.15) is 19.3 Å². The van der Waals surface area contributed by atoms with Gasteiger partial charge in [-0.2, -0.15) is 0 Å². The van der Waals surface area contributed by atoms with Gasteiger partial charge in [0, 0.05) is 26.1 Å². The van der Waals surface area contributed by atoms with E-state index < -0.39 is 0 Å². The Kier molecular flexibility index (Phi) is 3.08. The van der Waals surface area contributed by atoms with Gasteiger partial charge in [0.05, 0.1) is 0 Å². The second kappa shape index (κ2) is 4.09. The number of nitrogens with one attached hydrogen (secondary N) is 1. The molecule has 4 nitrogen and oxygen atoms in total. The standard InChI is InChI=1S/C8H14N2O2/c1-9-8(12)5-7-3-2-4-10(7)6-11/h6-7H,2-5H2,1H3,(H,9,12). The number of nitrogens with zero attached hydrogens (tertiary/aromatic N) is 1. The SMILES string of the molecule is CNC(=O)CC1CCCN1C=O. The zero-order valence-corrected chi connectivity index (χ0v) is 7.25. The molecule has 0 aromatic heterocycles. The van der Waals surface area contributed by atoms with Crippen molar-refractivity contribution in [3.8, 4) is 0 Å². The summed E-state index contributed by atoms with van der Waals surface area (Å²) in [5.41, 5.74) is 0. The average molecular weight is 170 g/mol. The summed E-state index contributed by atoms with van der Waals surface area (Å²) in [5, 5.41) is 2.55. The maximum absolute atomic E-state index is 11.0. The van der Waals surface area contributed by atoms with Gasteiger partial charge in [-0.15, -0.1) is 0 Å². The van der Waals surface area contributed by atoms with Gasteiger partial charge in [-0.1, -0.05) is 0 Å². The topological polar surface area (TPSA) is 49.4 Å². The number of likely N-dealkylation sites (tertiary alicyclic amines) is 1. The van der Waals surface area contributed by atoms with Crippen molar-refractivity contribution in [1.82, 2.24) is 10.2 Å².